The average Bonchev–Trinajstić information content (AvgIpc) is 3.19. The van der Waals surface area contributed by atoms with Crippen molar-refractivity contribution in [3.05, 3.63) is 35.4 Å². The van der Waals surface area contributed by atoms with Crippen molar-refractivity contribution < 1.29 is 13.2 Å². The molecule has 0 aliphatic heterocycles. The second kappa shape index (κ2) is 6.37. The van der Waals surface area contributed by atoms with Gasteiger partial charge in [0, 0.05) is 18.7 Å². The van der Waals surface area contributed by atoms with Gasteiger partial charge in [0.05, 0.1) is 6.26 Å². The Hall–Kier alpha value is -1.40. The van der Waals surface area contributed by atoms with E-state index in [1.165, 1.54) is 12.8 Å². The predicted molar refractivity (Wildman–Crippen MR) is 78.0 cm³/mol. The molecule has 0 bridgehead atoms. The first-order valence-corrected chi connectivity index (χ1v) is 8.65. The van der Waals surface area contributed by atoms with E-state index in [4.69, 9.17) is 0 Å². The fourth-order valence-corrected chi connectivity index (χ4v) is 2.34. The predicted octanol–water partition coefficient (Wildman–Crippen LogP) is 0.918. The number of carbonyl (C=O) groups excluding carboxylic acids is 1. The number of hydrogen-bond acceptors (Lipinski definition) is 3. The van der Waals surface area contributed by atoms with Crippen LogP contribution in [0.4, 0.5) is 0 Å². The highest BCUT2D eigenvalue weighted by Gasteiger charge is 2.21. The van der Waals surface area contributed by atoms with Crippen molar-refractivity contribution in [1.29, 1.82) is 0 Å². The smallest absolute Gasteiger partial charge is 0.251 e. The van der Waals surface area contributed by atoms with Crippen LogP contribution in [0.5, 0.6) is 0 Å². The van der Waals surface area contributed by atoms with Gasteiger partial charge in [-0.05, 0) is 42.9 Å². The summed E-state index contributed by atoms with van der Waals surface area (Å²) in [5.74, 6) is 0.623. The Morgan fingerprint density at radius 2 is 1.90 bits per heavy atom. The maximum absolute atomic E-state index is 11.8. The first-order valence-electron chi connectivity index (χ1n) is 6.76. The van der Waals surface area contributed by atoms with Crippen LogP contribution in [-0.4, -0.2) is 33.7 Å². The highest BCUT2D eigenvalue weighted by atomic mass is 32.2. The van der Waals surface area contributed by atoms with Crippen molar-refractivity contribution >= 4 is 15.9 Å². The van der Waals surface area contributed by atoms with E-state index in [-0.39, 0.29) is 5.91 Å². The van der Waals surface area contributed by atoms with Crippen LogP contribution in [0.1, 0.15) is 28.8 Å². The molecule has 1 fully saturated rings. The fourth-order valence-electron chi connectivity index (χ4n) is 1.86. The summed E-state index contributed by atoms with van der Waals surface area (Å²) in [5.41, 5.74) is 1.64. The molecule has 0 atom stereocenters. The van der Waals surface area contributed by atoms with Gasteiger partial charge < -0.3 is 5.32 Å². The van der Waals surface area contributed by atoms with Gasteiger partial charge in [-0.15, -0.1) is 0 Å². The molecular formula is C14H20N2O3S. The molecule has 0 saturated heterocycles. The van der Waals surface area contributed by atoms with Crippen LogP contribution in [0.15, 0.2) is 24.3 Å². The summed E-state index contributed by atoms with van der Waals surface area (Å²) in [7, 11) is -3.14. The minimum atomic E-state index is -3.14. The van der Waals surface area contributed by atoms with Crippen LogP contribution < -0.4 is 10.0 Å². The quantitative estimate of drug-likeness (QED) is 0.785. The Balaban J connectivity index is 1.80. The summed E-state index contributed by atoms with van der Waals surface area (Å²) in [4.78, 5) is 11.8. The number of hydrogen-bond donors (Lipinski definition) is 2. The molecule has 0 unspecified atom stereocenters. The molecule has 6 heteroatoms. The van der Waals surface area contributed by atoms with Gasteiger partial charge in [0.15, 0.2) is 0 Å². The maximum Gasteiger partial charge on any atom is 0.251 e. The van der Waals surface area contributed by atoms with Crippen LogP contribution >= 0.6 is 0 Å². The minimum Gasteiger partial charge on any atom is -0.352 e. The Kier molecular flexibility index (Phi) is 4.77. The number of benzene rings is 1. The molecule has 20 heavy (non-hydrogen) atoms. The average molecular weight is 296 g/mol. The number of nitrogens with one attached hydrogen (secondary N) is 2. The van der Waals surface area contributed by atoms with Crippen molar-refractivity contribution in [1.82, 2.24) is 10.0 Å². The normalized spacial score (nSPS) is 15.1. The largest absolute Gasteiger partial charge is 0.352 e. The zero-order valence-electron chi connectivity index (χ0n) is 11.6. The van der Waals surface area contributed by atoms with Crippen LogP contribution in [0.3, 0.4) is 0 Å². The molecule has 2 N–H and O–H groups in total. The number of rotatable bonds is 7. The van der Waals surface area contributed by atoms with Gasteiger partial charge >= 0.3 is 0 Å². The van der Waals surface area contributed by atoms with Crippen LogP contribution in [-0.2, 0) is 16.4 Å². The van der Waals surface area contributed by atoms with Gasteiger partial charge in [-0.1, -0.05) is 12.1 Å². The molecule has 0 radical (unpaired) electrons. The Bertz CT molecular complexity index is 563. The molecule has 5 nitrogen and oxygen atoms in total. The number of amides is 1. The van der Waals surface area contributed by atoms with Crippen LogP contribution in [0, 0.1) is 5.92 Å². The van der Waals surface area contributed by atoms with Gasteiger partial charge in [-0.3, -0.25) is 4.79 Å². The van der Waals surface area contributed by atoms with Crippen LogP contribution in [0.25, 0.3) is 0 Å². The zero-order valence-corrected chi connectivity index (χ0v) is 12.4. The second-order valence-electron chi connectivity index (χ2n) is 5.27. The van der Waals surface area contributed by atoms with Crippen molar-refractivity contribution in [3.8, 4) is 0 Å². The van der Waals surface area contributed by atoms with Gasteiger partial charge in [0.1, 0.15) is 0 Å². The Morgan fingerprint density at radius 1 is 1.25 bits per heavy atom. The highest BCUT2D eigenvalue weighted by molar-refractivity contribution is 7.88. The molecular weight excluding hydrogens is 276 g/mol. The molecule has 1 amide bonds. The first kappa shape index (κ1) is 15.0. The van der Waals surface area contributed by atoms with E-state index < -0.39 is 10.0 Å². The molecule has 1 aromatic carbocycles. The lowest BCUT2D eigenvalue weighted by Crippen LogP contribution is -2.25. The topological polar surface area (TPSA) is 75.3 Å². The highest BCUT2D eigenvalue weighted by Crippen LogP contribution is 2.27. The van der Waals surface area contributed by atoms with Gasteiger partial charge in [-0.25, -0.2) is 13.1 Å². The van der Waals surface area contributed by atoms with E-state index in [9.17, 15) is 13.2 Å². The van der Waals surface area contributed by atoms with E-state index in [1.807, 2.05) is 12.1 Å². The van der Waals surface area contributed by atoms with Crippen molar-refractivity contribution in [3.63, 3.8) is 0 Å². The van der Waals surface area contributed by atoms with Gasteiger partial charge in [0.25, 0.3) is 5.91 Å². The monoisotopic (exact) mass is 296 g/mol. The third kappa shape index (κ3) is 5.30. The van der Waals surface area contributed by atoms with Gasteiger partial charge in [-0.2, -0.15) is 0 Å². The van der Waals surface area contributed by atoms with Crippen LogP contribution in [0.2, 0.25) is 0 Å². The second-order valence-corrected chi connectivity index (χ2v) is 7.10. The lowest BCUT2D eigenvalue weighted by atomic mass is 10.1. The Labute approximate surface area is 119 Å². The van der Waals surface area contributed by atoms with E-state index >= 15 is 0 Å². The standard InChI is InChI=1S/C14H20N2O3S/c1-20(18,19)16-9-8-11-4-6-13(7-5-11)14(17)15-10-12-2-3-12/h4-7,12,16H,2-3,8-10H2,1H3,(H,15,17). The molecule has 1 aliphatic carbocycles. The summed E-state index contributed by atoms with van der Waals surface area (Å²) in [5, 5.41) is 2.91. The Morgan fingerprint density at radius 3 is 2.45 bits per heavy atom. The van der Waals surface area contributed by atoms with E-state index in [2.05, 4.69) is 10.0 Å². The SMILES string of the molecule is CS(=O)(=O)NCCc1ccc(C(=O)NCC2CC2)cc1. The molecule has 1 aliphatic rings. The summed E-state index contributed by atoms with van der Waals surface area (Å²) < 4.78 is 24.3. The lowest BCUT2D eigenvalue weighted by molar-refractivity contribution is 0.0952. The lowest BCUT2D eigenvalue weighted by Gasteiger charge is -2.06. The van der Waals surface area contributed by atoms with E-state index in [0.29, 0.717) is 24.4 Å². The summed E-state index contributed by atoms with van der Waals surface area (Å²) in [6.45, 7) is 1.13. The summed E-state index contributed by atoms with van der Waals surface area (Å²) in [6, 6.07) is 7.27. The molecule has 1 saturated carbocycles. The maximum atomic E-state index is 11.8. The number of carbonyl (C=O) groups is 1. The van der Waals surface area contributed by atoms with E-state index in [1.54, 1.807) is 12.1 Å². The molecule has 0 heterocycles. The molecule has 1 aromatic rings. The van der Waals surface area contributed by atoms with Crippen molar-refractivity contribution in [2.24, 2.45) is 5.92 Å². The molecule has 110 valence electrons. The number of sulfonamides is 1. The zero-order chi connectivity index (χ0) is 14.6. The molecule has 0 spiro atoms. The van der Waals surface area contributed by atoms with Gasteiger partial charge in [0.2, 0.25) is 10.0 Å². The fraction of sp³-hybridized carbons (Fsp3) is 0.500. The first-order chi connectivity index (χ1) is 9.44. The third-order valence-electron chi connectivity index (χ3n) is 3.24. The third-order valence-corrected chi connectivity index (χ3v) is 3.97. The summed E-state index contributed by atoms with van der Waals surface area (Å²) in [6.07, 6.45) is 4.18. The van der Waals surface area contributed by atoms with E-state index in [0.717, 1.165) is 18.4 Å². The molecule has 2 rings (SSSR count). The van der Waals surface area contributed by atoms with Crippen molar-refractivity contribution in [2.45, 2.75) is 19.3 Å². The summed E-state index contributed by atoms with van der Waals surface area (Å²) >= 11 is 0. The minimum absolute atomic E-state index is 0.0438. The molecule has 0 aromatic heterocycles. The van der Waals surface area contributed by atoms with Crippen molar-refractivity contribution in [2.75, 3.05) is 19.3 Å².